The number of carbonyl (C=O) groups excluding carboxylic acids is 1. The number of ether oxygens (including phenoxy) is 1. The van der Waals surface area contributed by atoms with E-state index in [0.717, 1.165) is 10.2 Å². The number of nitro benzene ring substituents is 1. The molecule has 0 aliphatic rings. The van der Waals surface area contributed by atoms with Crippen LogP contribution in [-0.2, 0) is 11.3 Å². The minimum Gasteiger partial charge on any atom is -0.457 e. The molecular weight excluding hydrogens is 394 g/mol. The Hall–Kier alpha value is -4.28. The summed E-state index contributed by atoms with van der Waals surface area (Å²) in [7, 11) is 0. The number of nitrogens with zero attached hydrogens (tertiary/aromatic N) is 4. The number of amides is 1. The SMILES string of the molecule is Cc1cccc(Oc2cc(NC(=O)Cn3nc(C)cc3[N+](=O)[O-])cc([N+](=O)[O-])c2)c1. The second-order valence-corrected chi connectivity index (χ2v) is 6.50. The zero-order valence-electron chi connectivity index (χ0n) is 16.1. The van der Waals surface area contributed by atoms with Crippen LogP contribution in [0.2, 0.25) is 0 Å². The molecule has 30 heavy (non-hydrogen) atoms. The van der Waals surface area contributed by atoms with Gasteiger partial charge in [0.25, 0.3) is 11.6 Å². The number of hydrogen-bond donors (Lipinski definition) is 1. The van der Waals surface area contributed by atoms with E-state index in [1.807, 2.05) is 13.0 Å². The number of nitro groups is 2. The smallest absolute Gasteiger partial charge is 0.345 e. The van der Waals surface area contributed by atoms with Gasteiger partial charge in [0.05, 0.1) is 28.4 Å². The van der Waals surface area contributed by atoms with Gasteiger partial charge in [-0.1, -0.05) is 17.2 Å². The third-order valence-corrected chi connectivity index (χ3v) is 3.97. The Morgan fingerprint density at radius 2 is 1.83 bits per heavy atom. The first-order chi connectivity index (χ1) is 14.2. The standard InChI is InChI=1S/C19H17N5O6/c1-12-4-3-5-16(6-12)30-17-9-14(8-15(10-17)23(26)27)20-18(25)11-22-19(24(28)29)7-13(2)21-22/h3-10H,11H2,1-2H3,(H,20,25). The van der Waals surface area contributed by atoms with Crippen LogP contribution in [0.1, 0.15) is 11.3 Å². The fourth-order valence-electron chi connectivity index (χ4n) is 2.77. The number of carbonyl (C=O) groups is 1. The molecular formula is C19H17N5O6. The number of rotatable bonds is 7. The summed E-state index contributed by atoms with van der Waals surface area (Å²) < 4.78 is 6.63. The van der Waals surface area contributed by atoms with Gasteiger partial charge in [-0.25, -0.2) is 0 Å². The van der Waals surface area contributed by atoms with Crippen molar-refractivity contribution in [3.05, 3.63) is 80.0 Å². The molecule has 0 unspecified atom stereocenters. The third kappa shape index (κ3) is 4.95. The van der Waals surface area contributed by atoms with Gasteiger partial charge in [0.1, 0.15) is 11.5 Å². The zero-order valence-corrected chi connectivity index (χ0v) is 16.1. The Bertz CT molecular complexity index is 1140. The Morgan fingerprint density at radius 1 is 1.07 bits per heavy atom. The number of non-ortho nitro benzene ring substituents is 1. The molecule has 0 atom stereocenters. The molecule has 0 saturated heterocycles. The molecule has 1 N–H and O–H groups in total. The summed E-state index contributed by atoms with van der Waals surface area (Å²) in [5.41, 5.74) is 1.17. The van der Waals surface area contributed by atoms with Crippen molar-refractivity contribution < 1.29 is 19.4 Å². The summed E-state index contributed by atoms with van der Waals surface area (Å²) in [5, 5.41) is 28.7. The van der Waals surface area contributed by atoms with E-state index in [1.54, 1.807) is 25.1 Å². The molecule has 1 aromatic heterocycles. The summed E-state index contributed by atoms with van der Waals surface area (Å²) in [6.45, 7) is 3.01. The fraction of sp³-hybridized carbons (Fsp3) is 0.158. The van der Waals surface area contributed by atoms with E-state index in [-0.39, 0.29) is 22.9 Å². The van der Waals surface area contributed by atoms with Gasteiger partial charge in [0.15, 0.2) is 6.54 Å². The van der Waals surface area contributed by atoms with E-state index < -0.39 is 22.3 Å². The Labute approximate surface area is 170 Å². The maximum absolute atomic E-state index is 12.4. The number of aryl methyl sites for hydroxylation is 2. The van der Waals surface area contributed by atoms with Crippen LogP contribution in [0.4, 0.5) is 17.2 Å². The van der Waals surface area contributed by atoms with Crippen LogP contribution in [0.15, 0.2) is 48.5 Å². The van der Waals surface area contributed by atoms with Crippen molar-refractivity contribution in [2.45, 2.75) is 20.4 Å². The highest BCUT2D eigenvalue weighted by atomic mass is 16.6. The summed E-state index contributed by atoms with van der Waals surface area (Å²) in [4.78, 5) is 33.4. The van der Waals surface area contributed by atoms with Crippen LogP contribution in [0.25, 0.3) is 0 Å². The molecule has 0 bridgehead atoms. The monoisotopic (exact) mass is 411 g/mol. The number of aromatic nitrogens is 2. The molecule has 0 fully saturated rings. The molecule has 1 heterocycles. The summed E-state index contributed by atoms with van der Waals surface area (Å²) in [5.74, 6) is -0.324. The molecule has 0 aliphatic heterocycles. The van der Waals surface area contributed by atoms with Gasteiger partial charge in [0, 0.05) is 12.1 Å². The lowest BCUT2D eigenvalue weighted by atomic mass is 10.2. The molecule has 2 aromatic carbocycles. The zero-order chi connectivity index (χ0) is 21.8. The third-order valence-electron chi connectivity index (χ3n) is 3.97. The Balaban J connectivity index is 1.82. The Kier molecular flexibility index (Phi) is 5.72. The van der Waals surface area contributed by atoms with Crippen LogP contribution < -0.4 is 10.1 Å². The molecule has 0 saturated carbocycles. The minimum absolute atomic E-state index is 0.114. The van der Waals surface area contributed by atoms with Gasteiger partial charge in [-0.2, -0.15) is 0 Å². The molecule has 1 amide bonds. The molecule has 3 aromatic rings. The quantitative estimate of drug-likeness (QED) is 0.461. The van der Waals surface area contributed by atoms with Crippen LogP contribution in [-0.4, -0.2) is 25.5 Å². The highest BCUT2D eigenvalue weighted by molar-refractivity contribution is 5.91. The van der Waals surface area contributed by atoms with Crippen molar-refractivity contribution in [3.63, 3.8) is 0 Å². The maximum atomic E-state index is 12.4. The van der Waals surface area contributed by atoms with E-state index >= 15 is 0 Å². The average molecular weight is 411 g/mol. The number of anilines is 1. The molecule has 0 radical (unpaired) electrons. The van der Waals surface area contributed by atoms with Gasteiger partial charge < -0.3 is 20.2 Å². The lowest BCUT2D eigenvalue weighted by Crippen LogP contribution is -2.20. The van der Waals surface area contributed by atoms with Gasteiger partial charge in [-0.15, -0.1) is 4.68 Å². The van der Waals surface area contributed by atoms with Crippen LogP contribution in [0.5, 0.6) is 11.5 Å². The summed E-state index contributed by atoms with van der Waals surface area (Å²) in [6.07, 6.45) is 0. The number of hydrogen-bond acceptors (Lipinski definition) is 7. The van der Waals surface area contributed by atoms with Gasteiger partial charge >= 0.3 is 5.82 Å². The molecule has 0 aliphatic carbocycles. The number of nitrogens with one attached hydrogen (secondary N) is 1. The van der Waals surface area contributed by atoms with Crippen molar-refractivity contribution in [2.75, 3.05) is 5.32 Å². The molecule has 3 rings (SSSR count). The molecule has 11 nitrogen and oxygen atoms in total. The van der Waals surface area contributed by atoms with Crippen LogP contribution in [0, 0.1) is 34.1 Å². The Morgan fingerprint density at radius 3 is 2.50 bits per heavy atom. The summed E-state index contributed by atoms with van der Waals surface area (Å²) >= 11 is 0. The summed E-state index contributed by atoms with van der Waals surface area (Å²) in [6, 6.07) is 12.2. The second kappa shape index (κ2) is 8.39. The first-order valence-corrected chi connectivity index (χ1v) is 8.74. The van der Waals surface area contributed by atoms with Gasteiger partial charge in [-0.05, 0) is 36.5 Å². The lowest BCUT2D eigenvalue weighted by molar-refractivity contribution is -0.392. The second-order valence-electron chi connectivity index (χ2n) is 6.50. The normalized spacial score (nSPS) is 10.5. The van der Waals surface area contributed by atoms with Gasteiger partial charge in [0.2, 0.25) is 0 Å². The predicted molar refractivity (Wildman–Crippen MR) is 107 cm³/mol. The molecule has 0 spiro atoms. The largest absolute Gasteiger partial charge is 0.457 e. The van der Waals surface area contributed by atoms with E-state index in [0.29, 0.717) is 11.4 Å². The predicted octanol–water partition coefficient (Wildman–Crippen LogP) is 3.75. The van der Waals surface area contributed by atoms with E-state index in [2.05, 4.69) is 10.4 Å². The minimum atomic E-state index is -0.644. The number of benzene rings is 2. The highest BCUT2D eigenvalue weighted by Gasteiger charge is 2.20. The maximum Gasteiger partial charge on any atom is 0.345 e. The topological polar surface area (TPSA) is 142 Å². The van der Waals surface area contributed by atoms with Crippen molar-refractivity contribution in [3.8, 4) is 11.5 Å². The molecule has 154 valence electrons. The lowest BCUT2D eigenvalue weighted by Gasteiger charge is -2.09. The van der Waals surface area contributed by atoms with Gasteiger partial charge in [-0.3, -0.25) is 14.9 Å². The first-order valence-electron chi connectivity index (χ1n) is 8.74. The fourth-order valence-corrected chi connectivity index (χ4v) is 2.77. The van der Waals surface area contributed by atoms with Crippen molar-refractivity contribution >= 4 is 23.1 Å². The highest BCUT2D eigenvalue weighted by Crippen LogP contribution is 2.30. The van der Waals surface area contributed by atoms with E-state index in [1.165, 1.54) is 24.3 Å². The molecule has 11 heteroatoms. The van der Waals surface area contributed by atoms with E-state index in [4.69, 9.17) is 4.74 Å². The van der Waals surface area contributed by atoms with Crippen LogP contribution in [0.3, 0.4) is 0 Å². The van der Waals surface area contributed by atoms with E-state index in [9.17, 15) is 25.0 Å². The average Bonchev–Trinajstić information content (AvgIpc) is 3.01. The van der Waals surface area contributed by atoms with Crippen molar-refractivity contribution in [1.29, 1.82) is 0 Å². The van der Waals surface area contributed by atoms with Crippen LogP contribution >= 0.6 is 0 Å². The van der Waals surface area contributed by atoms with Crippen molar-refractivity contribution in [1.82, 2.24) is 9.78 Å². The van der Waals surface area contributed by atoms with Crippen molar-refractivity contribution in [2.24, 2.45) is 0 Å². The first kappa shape index (κ1) is 20.5.